The van der Waals surface area contributed by atoms with Crippen LogP contribution < -0.4 is 30.3 Å². The molecule has 0 saturated heterocycles. The Morgan fingerprint density at radius 3 is 1.54 bits per heavy atom. The standard InChI is InChI=1S/C30H35N9O5S2/c1-19-28(38-36-20(2)22-11-15-24(16-12-22)45(40,41)31-4)34-30(33-26-9-7-8-10-27(26)44-6)35-29(19)39-37-21(3)23-13-17-25(18-14-23)46(42,43)32-5/h7-18,31-32H,1-6H3,(H3,33,34,35,38,39). The van der Waals surface area contributed by atoms with Gasteiger partial charge in [-0.15, -0.1) is 0 Å². The van der Waals surface area contributed by atoms with Crippen LogP contribution in [0.25, 0.3) is 0 Å². The summed E-state index contributed by atoms with van der Waals surface area (Å²) in [5, 5.41) is 12.1. The lowest BCUT2D eigenvalue weighted by Crippen LogP contribution is -2.18. The molecule has 4 rings (SSSR count). The van der Waals surface area contributed by atoms with Crippen molar-refractivity contribution < 1.29 is 21.6 Å². The van der Waals surface area contributed by atoms with E-state index in [0.717, 1.165) is 0 Å². The van der Waals surface area contributed by atoms with Crippen molar-refractivity contribution in [2.24, 2.45) is 10.2 Å². The van der Waals surface area contributed by atoms with Crippen LogP contribution in [0.2, 0.25) is 0 Å². The number of nitrogens with zero attached hydrogens (tertiary/aromatic N) is 4. The molecule has 4 aromatic rings. The lowest BCUT2D eigenvalue weighted by molar-refractivity contribution is 0.417. The van der Waals surface area contributed by atoms with Crippen molar-refractivity contribution >= 4 is 54.7 Å². The van der Waals surface area contributed by atoms with Crippen molar-refractivity contribution in [1.82, 2.24) is 19.4 Å². The van der Waals surface area contributed by atoms with Gasteiger partial charge in [-0.3, -0.25) is 10.9 Å². The van der Waals surface area contributed by atoms with E-state index < -0.39 is 20.0 Å². The van der Waals surface area contributed by atoms with E-state index in [1.165, 1.54) is 38.4 Å². The number of anilines is 4. The highest BCUT2D eigenvalue weighted by molar-refractivity contribution is 7.89. The predicted molar refractivity (Wildman–Crippen MR) is 180 cm³/mol. The number of methoxy groups -OCH3 is 1. The van der Waals surface area contributed by atoms with Gasteiger partial charge >= 0.3 is 0 Å². The minimum atomic E-state index is -3.56. The van der Waals surface area contributed by atoms with Gasteiger partial charge in [0.15, 0.2) is 11.6 Å². The van der Waals surface area contributed by atoms with E-state index in [-0.39, 0.29) is 15.7 Å². The van der Waals surface area contributed by atoms with Crippen LogP contribution in [0.1, 0.15) is 30.5 Å². The molecule has 1 aromatic heterocycles. The number of hydrogen-bond acceptors (Lipinski definition) is 12. The van der Waals surface area contributed by atoms with Gasteiger partial charge in [-0.05, 0) is 82.4 Å². The first kappa shape index (κ1) is 34.0. The third kappa shape index (κ3) is 8.02. The van der Waals surface area contributed by atoms with Crippen molar-refractivity contribution in [3.63, 3.8) is 0 Å². The van der Waals surface area contributed by atoms with Gasteiger partial charge in [-0.2, -0.15) is 20.2 Å². The number of rotatable bonds is 13. The molecule has 1 heterocycles. The number of sulfonamides is 2. The summed E-state index contributed by atoms with van der Waals surface area (Å²) < 4.78 is 58.4. The van der Waals surface area contributed by atoms with Crippen LogP contribution >= 0.6 is 0 Å². The van der Waals surface area contributed by atoms with Crippen molar-refractivity contribution in [3.8, 4) is 5.75 Å². The van der Waals surface area contributed by atoms with Crippen molar-refractivity contribution in [1.29, 1.82) is 0 Å². The number of aromatic nitrogens is 2. The fraction of sp³-hybridized carbons (Fsp3) is 0.200. The molecule has 3 aromatic carbocycles. The maximum absolute atomic E-state index is 12.1. The van der Waals surface area contributed by atoms with Gasteiger partial charge in [0.2, 0.25) is 26.0 Å². The molecular weight excluding hydrogens is 631 g/mol. The van der Waals surface area contributed by atoms with E-state index in [0.29, 0.717) is 51.2 Å². The number of hydrazone groups is 2. The number of ether oxygens (including phenoxy) is 1. The Morgan fingerprint density at radius 1 is 0.696 bits per heavy atom. The van der Waals surface area contributed by atoms with Crippen molar-refractivity contribution in [2.75, 3.05) is 37.4 Å². The molecule has 0 saturated carbocycles. The Hall–Kier alpha value is -4.90. The molecule has 0 radical (unpaired) electrons. The fourth-order valence-electron chi connectivity index (χ4n) is 4.05. The Kier molecular flexibility index (Phi) is 10.7. The van der Waals surface area contributed by atoms with Gasteiger partial charge in [-0.1, -0.05) is 36.4 Å². The molecule has 14 nitrogen and oxygen atoms in total. The maximum atomic E-state index is 12.1. The lowest BCUT2D eigenvalue weighted by atomic mass is 10.1. The molecule has 0 aliphatic carbocycles. The summed E-state index contributed by atoms with van der Waals surface area (Å²) in [5.74, 6) is 1.56. The summed E-state index contributed by atoms with van der Waals surface area (Å²) in [6.07, 6.45) is 0. The fourth-order valence-corrected chi connectivity index (χ4v) is 5.51. The largest absolute Gasteiger partial charge is 0.495 e. The first-order valence-corrected chi connectivity index (χ1v) is 16.8. The number of nitrogens with one attached hydrogen (secondary N) is 5. The molecule has 0 amide bonds. The van der Waals surface area contributed by atoms with Crippen LogP contribution in [0.4, 0.5) is 23.3 Å². The Labute approximate surface area is 268 Å². The first-order valence-electron chi connectivity index (χ1n) is 13.9. The van der Waals surface area contributed by atoms with Crippen LogP contribution in [-0.4, -0.2) is 59.4 Å². The minimum absolute atomic E-state index is 0.142. The molecule has 16 heteroatoms. The number of benzene rings is 3. The number of hydrogen-bond donors (Lipinski definition) is 5. The molecule has 242 valence electrons. The highest BCUT2D eigenvalue weighted by Gasteiger charge is 2.15. The maximum Gasteiger partial charge on any atom is 0.240 e. The van der Waals surface area contributed by atoms with Crippen molar-refractivity contribution in [2.45, 2.75) is 30.6 Å². The monoisotopic (exact) mass is 665 g/mol. The smallest absolute Gasteiger partial charge is 0.240 e. The SMILES string of the molecule is CNS(=O)(=O)c1ccc(C(C)=NNc2nc(Nc3ccccc3OC)nc(NN=C(C)c3ccc(S(=O)(=O)NC)cc3)c2C)cc1. The average molecular weight is 666 g/mol. The van der Waals surface area contributed by atoms with Gasteiger partial charge in [0, 0.05) is 5.56 Å². The molecule has 0 spiro atoms. The lowest BCUT2D eigenvalue weighted by Gasteiger charge is -2.15. The van der Waals surface area contributed by atoms with Crippen LogP contribution in [-0.2, 0) is 20.0 Å². The molecule has 5 N–H and O–H groups in total. The van der Waals surface area contributed by atoms with Gasteiger partial charge in [0.05, 0.1) is 34.0 Å². The predicted octanol–water partition coefficient (Wildman–Crippen LogP) is 4.03. The van der Waals surface area contributed by atoms with Crippen LogP contribution in [0.3, 0.4) is 0 Å². The second kappa shape index (κ2) is 14.5. The second-order valence-corrected chi connectivity index (χ2v) is 13.5. The second-order valence-electron chi connectivity index (χ2n) is 9.78. The van der Waals surface area contributed by atoms with Gasteiger partial charge in [0.1, 0.15) is 5.75 Å². The molecular formula is C30H35N9O5S2. The van der Waals surface area contributed by atoms with Gasteiger partial charge < -0.3 is 10.1 Å². The Bertz CT molecular complexity index is 1860. The minimum Gasteiger partial charge on any atom is -0.495 e. The van der Waals surface area contributed by atoms with Crippen LogP contribution in [0.5, 0.6) is 5.75 Å². The Balaban J connectivity index is 1.66. The van der Waals surface area contributed by atoms with E-state index in [4.69, 9.17) is 4.74 Å². The number of para-hydroxylation sites is 2. The van der Waals surface area contributed by atoms with Crippen LogP contribution in [0.15, 0.2) is 92.8 Å². The first-order chi connectivity index (χ1) is 21.9. The van der Waals surface area contributed by atoms with Gasteiger partial charge in [-0.25, -0.2) is 26.3 Å². The van der Waals surface area contributed by atoms with Crippen LogP contribution in [0, 0.1) is 6.92 Å². The molecule has 0 aliphatic rings. The molecule has 0 aliphatic heterocycles. The molecule has 46 heavy (non-hydrogen) atoms. The normalized spacial score (nSPS) is 12.5. The quantitative estimate of drug-likeness (QED) is 0.103. The topological polar surface area (TPSA) is 188 Å². The van der Waals surface area contributed by atoms with E-state index >= 15 is 0 Å². The van der Waals surface area contributed by atoms with E-state index in [1.807, 2.05) is 18.2 Å². The zero-order valence-corrected chi connectivity index (χ0v) is 27.7. The molecule has 0 atom stereocenters. The highest BCUT2D eigenvalue weighted by atomic mass is 32.2. The zero-order valence-electron chi connectivity index (χ0n) is 26.1. The van der Waals surface area contributed by atoms with Gasteiger partial charge in [0.25, 0.3) is 0 Å². The summed E-state index contributed by atoms with van der Waals surface area (Å²) in [6, 6.07) is 20.0. The third-order valence-electron chi connectivity index (χ3n) is 6.86. The average Bonchev–Trinajstić information content (AvgIpc) is 3.07. The van der Waals surface area contributed by atoms with Crippen molar-refractivity contribution in [3.05, 3.63) is 89.5 Å². The van der Waals surface area contributed by atoms with E-state index in [2.05, 4.69) is 45.8 Å². The van der Waals surface area contributed by atoms with E-state index in [1.54, 1.807) is 58.2 Å². The summed E-state index contributed by atoms with van der Waals surface area (Å²) >= 11 is 0. The summed E-state index contributed by atoms with van der Waals surface area (Å²) in [4.78, 5) is 9.52. The highest BCUT2D eigenvalue weighted by Crippen LogP contribution is 2.29. The molecule has 0 unspecified atom stereocenters. The molecule has 0 fully saturated rings. The zero-order chi connectivity index (χ0) is 33.5. The summed E-state index contributed by atoms with van der Waals surface area (Å²) in [7, 11) is -2.85. The summed E-state index contributed by atoms with van der Waals surface area (Å²) in [6.45, 7) is 5.35. The third-order valence-corrected chi connectivity index (χ3v) is 9.72. The molecule has 0 bridgehead atoms. The van der Waals surface area contributed by atoms with E-state index in [9.17, 15) is 16.8 Å². The Morgan fingerprint density at radius 2 is 1.13 bits per heavy atom. The summed E-state index contributed by atoms with van der Waals surface area (Å²) in [5.41, 5.74) is 9.79.